The predicted molar refractivity (Wildman–Crippen MR) is 152 cm³/mol. The van der Waals surface area contributed by atoms with Crippen LogP contribution in [0.1, 0.15) is 24.3 Å². The lowest BCUT2D eigenvalue weighted by Gasteiger charge is -2.25. The van der Waals surface area contributed by atoms with Gasteiger partial charge in [-0.3, -0.25) is 14.3 Å². The predicted octanol–water partition coefficient (Wildman–Crippen LogP) is -0.534. The molecule has 0 spiro atoms. The van der Waals surface area contributed by atoms with Crippen LogP contribution in [0.4, 0.5) is 16.3 Å². The SMILES string of the molecule is Nc1nc2c(nnn2[C@@H]2O[C@H](CO[P+](=O)S)[C@H](F)[C@H]2OP(O)(=S)OC[C@H]2O[C@@H](c3cnn4c(N)ncnc34)C[C@@H]2O)c(=O)[nH]1. The van der Waals surface area contributed by atoms with E-state index >= 15 is 4.39 Å². The van der Waals surface area contributed by atoms with Crippen molar-refractivity contribution in [3.63, 3.8) is 0 Å². The number of hydrogen-bond donors (Lipinski definition) is 6. The number of rotatable bonds is 10. The molecule has 6 heterocycles. The van der Waals surface area contributed by atoms with Crippen LogP contribution in [-0.2, 0) is 39.4 Å². The van der Waals surface area contributed by atoms with E-state index in [9.17, 15) is 19.4 Å². The first-order valence-corrected chi connectivity index (χ1v) is 17.5. The van der Waals surface area contributed by atoms with Gasteiger partial charge in [0.25, 0.3) is 5.56 Å². The number of fused-ring (bicyclic) bond motifs is 2. The van der Waals surface area contributed by atoms with Crippen LogP contribution in [0, 0.1) is 0 Å². The lowest BCUT2D eigenvalue weighted by atomic mass is 10.1. The molecule has 4 aromatic rings. The van der Waals surface area contributed by atoms with E-state index in [-0.39, 0.29) is 29.5 Å². The number of alkyl halides is 1. The number of H-pyrrole nitrogens is 1. The Bertz CT molecular complexity index is 1830. The van der Waals surface area contributed by atoms with E-state index in [0.717, 1.165) is 4.68 Å². The summed E-state index contributed by atoms with van der Waals surface area (Å²) in [7, 11) is -2.41. The van der Waals surface area contributed by atoms with E-state index in [0.29, 0.717) is 11.2 Å². The van der Waals surface area contributed by atoms with Crippen LogP contribution < -0.4 is 17.0 Å². The number of aromatic nitrogens is 9. The van der Waals surface area contributed by atoms with Crippen LogP contribution in [0.15, 0.2) is 17.3 Å². The zero-order chi connectivity index (χ0) is 31.3. The Balaban J connectivity index is 1.18. The number of ether oxygens (including phenoxy) is 2. The summed E-state index contributed by atoms with van der Waals surface area (Å²) in [5.74, 6) is -0.175. The Morgan fingerprint density at radius 2 is 2.07 bits per heavy atom. The van der Waals surface area contributed by atoms with Gasteiger partial charge in [-0.25, -0.2) is 14.4 Å². The Labute approximate surface area is 255 Å². The summed E-state index contributed by atoms with van der Waals surface area (Å²) in [5.41, 5.74) is 11.2. The molecular weight excluding hydrogens is 671 g/mol. The maximum atomic E-state index is 15.7. The molecule has 4 aromatic heterocycles. The fourth-order valence-electron chi connectivity index (χ4n) is 4.81. The van der Waals surface area contributed by atoms with Crippen LogP contribution in [0.25, 0.3) is 16.8 Å². The first-order valence-electron chi connectivity index (χ1n) is 12.5. The van der Waals surface area contributed by atoms with Crippen molar-refractivity contribution in [1.29, 1.82) is 0 Å². The molecule has 6 rings (SSSR count). The third-order valence-electron chi connectivity index (χ3n) is 6.79. The number of hydrogen-bond acceptors (Lipinski definition) is 17. The lowest BCUT2D eigenvalue weighted by Crippen LogP contribution is -2.33. The molecule has 0 radical (unpaired) electrons. The molecule has 0 bridgehead atoms. The molecule has 7 N–H and O–H groups in total. The number of aliphatic hydroxyl groups excluding tert-OH is 1. The van der Waals surface area contributed by atoms with E-state index < -0.39 is 75.6 Å². The highest BCUT2D eigenvalue weighted by molar-refractivity contribution is 8.39. The summed E-state index contributed by atoms with van der Waals surface area (Å²) in [5, 5.41) is 22.3. The number of aromatic amines is 1. The molecular formula is C19H23FN11O9P2S2+. The Morgan fingerprint density at radius 1 is 1.27 bits per heavy atom. The Kier molecular flexibility index (Phi) is 8.63. The number of aliphatic hydroxyl groups is 1. The van der Waals surface area contributed by atoms with Gasteiger partial charge in [-0.1, -0.05) is 5.21 Å². The van der Waals surface area contributed by atoms with Gasteiger partial charge in [0, 0.05) is 12.0 Å². The molecule has 25 heteroatoms. The number of nitrogen functional groups attached to an aromatic ring is 2. The van der Waals surface area contributed by atoms with Crippen molar-refractivity contribution in [2.24, 2.45) is 0 Å². The maximum absolute atomic E-state index is 15.7. The second kappa shape index (κ2) is 12.2. The van der Waals surface area contributed by atoms with Crippen molar-refractivity contribution in [3.8, 4) is 0 Å². The summed E-state index contributed by atoms with van der Waals surface area (Å²) in [6.45, 7) is -5.26. The topological polar surface area (TPSA) is 275 Å². The largest absolute Gasteiger partial charge is 0.582 e. The monoisotopic (exact) mass is 694 g/mol. The zero-order valence-electron chi connectivity index (χ0n) is 21.9. The minimum Gasteiger partial charge on any atom is -0.390 e. The standard InChI is InChI=1S/C19H22FN11O9P2S2/c20-11-10(3-36-41(34)43)39-17(30-15-12(28-29-30)16(33)27-18(21)26-15)13(11)40-42(35,44)37-4-9-7(32)1-8(38-9)6-2-25-31-14(6)23-5-24-19(31)22/h2,5,7-11,13,17,32H,1,3-4H2,(H6-,21,22,23,24,25,26,27,29,33,34,35,43,44)/p+1/t7-,8+,9+,10+,11-,13+,17+,42?/m0/s1. The molecule has 2 unspecified atom stereocenters. The van der Waals surface area contributed by atoms with Gasteiger partial charge in [0.15, 0.2) is 29.2 Å². The molecule has 0 amide bonds. The summed E-state index contributed by atoms with van der Waals surface area (Å²) >= 11 is 8.79. The van der Waals surface area contributed by atoms with Crippen molar-refractivity contribution < 1.29 is 42.0 Å². The smallest absolute Gasteiger partial charge is 0.390 e. The van der Waals surface area contributed by atoms with Gasteiger partial charge in [0.05, 0.1) is 25.0 Å². The van der Waals surface area contributed by atoms with Crippen LogP contribution >= 0.6 is 26.2 Å². The van der Waals surface area contributed by atoms with Crippen LogP contribution in [0.2, 0.25) is 0 Å². The number of halogens is 1. The lowest BCUT2D eigenvalue weighted by molar-refractivity contribution is -0.0534. The summed E-state index contributed by atoms with van der Waals surface area (Å²) in [6, 6.07) is 0. The Morgan fingerprint density at radius 3 is 2.84 bits per heavy atom. The summed E-state index contributed by atoms with van der Waals surface area (Å²) in [4.78, 5) is 37.4. The minimum atomic E-state index is -4.29. The van der Waals surface area contributed by atoms with Gasteiger partial charge in [-0.05, 0) is 16.4 Å². The molecule has 2 fully saturated rings. The highest BCUT2D eigenvalue weighted by atomic mass is 32.7. The molecule has 9 atom stereocenters. The fraction of sp³-hybridized carbons (Fsp3) is 0.526. The molecule has 20 nitrogen and oxygen atoms in total. The molecule has 0 aliphatic carbocycles. The molecule has 2 aliphatic heterocycles. The van der Waals surface area contributed by atoms with Crippen molar-refractivity contribution in [1.82, 2.24) is 44.5 Å². The normalized spacial score (nSPS) is 29.0. The molecule has 2 aliphatic rings. The third kappa shape index (κ3) is 6.05. The van der Waals surface area contributed by atoms with Crippen molar-refractivity contribution >= 4 is 66.7 Å². The molecule has 2 saturated heterocycles. The highest BCUT2D eigenvalue weighted by Gasteiger charge is 2.51. The number of nitrogens with two attached hydrogens (primary N) is 2. The average Bonchev–Trinajstić information content (AvgIpc) is 3.72. The molecule has 44 heavy (non-hydrogen) atoms. The first-order chi connectivity index (χ1) is 20.9. The maximum Gasteiger partial charge on any atom is 0.582 e. The zero-order valence-corrected chi connectivity index (χ0v) is 25.4. The number of anilines is 2. The fourth-order valence-corrected chi connectivity index (χ4v) is 6.69. The van der Waals surface area contributed by atoms with Gasteiger partial charge < -0.3 is 35.5 Å². The minimum absolute atomic E-state index is 0.108. The van der Waals surface area contributed by atoms with E-state index in [1.165, 1.54) is 17.0 Å². The number of nitrogens with one attached hydrogen (secondary N) is 1. The van der Waals surface area contributed by atoms with Gasteiger partial charge >= 0.3 is 13.9 Å². The quantitative estimate of drug-likeness (QED) is 0.0898. The van der Waals surface area contributed by atoms with Gasteiger partial charge in [0.1, 0.15) is 43.5 Å². The van der Waals surface area contributed by atoms with Crippen molar-refractivity contribution in [3.05, 3.63) is 28.4 Å². The number of nitrogens with zero attached hydrogens (tertiary/aromatic N) is 8. The molecule has 0 saturated carbocycles. The van der Waals surface area contributed by atoms with Gasteiger partial charge in [-0.2, -0.15) is 19.3 Å². The van der Waals surface area contributed by atoms with Crippen LogP contribution in [0.3, 0.4) is 0 Å². The van der Waals surface area contributed by atoms with Gasteiger partial charge in [0.2, 0.25) is 11.9 Å². The third-order valence-corrected chi connectivity index (χ3v) is 9.07. The van der Waals surface area contributed by atoms with Crippen LogP contribution in [0.5, 0.6) is 0 Å². The number of thiol groups is 1. The summed E-state index contributed by atoms with van der Waals surface area (Å²) < 4.78 is 56.8. The Hall–Kier alpha value is -2.82. The first kappa shape index (κ1) is 31.2. The van der Waals surface area contributed by atoms with E-state index in [4.69, 9.17) is 46.3 Å². The second-order valence-electron chi connectivity index (χ2n) is 9.57. The average molecular weight is 695 g/mol. The highest BCUT2D eigenvalue weighted by Crippen LogP contribution is 2.51. The van der Waals surface area contributed by atoms with Crippen LogP contribution in [-0.4, -0.2) is 98.3 Å². The molecule has 0 aromatic carbocycles. The van der Waals surface area contributed by atoms with Gasteiger partial charge in [-0.15, -0.1) is 9.62 Å². The second-order valence-corrected chi connectivity index (χ2v) is 14.1. The van der Waals surface area contributed by atoms with E-state index in [1.807, 2.05) is 0 Å². The van der Waals surface area contributed by atoms with Crippen molar-refractivity contribution in [2.75, 3.05) is 24.7 Å². The van der Waals surface area contributed by atoms with Crippen molar-refractivity contribution in [2.45, 2.75) is 49.3 Å². The molecule has 236 valence electrons. The van der Waals surface area contributed by atoms with E-state index in [1.54, 1.807) is 0 Å². The summed E-state index contributed by atoms with van der Waals surface area (Å²) in [6.07, 6.45) is -6.51. The van der Waals surface area contributed by atoms with E-state index in [2.05, 4.69) is 47.6 Å².